The van der Waals surface area contributed by atoms with E-state index in [4.69, 9.17) is 0 Å². The molecule has 0 radical (unpaired) electrons. The van der Waals surface area contributed by atoms with Crippen molar-refractivity contribution in [2.75, 3.05) is 0 Å². The van der Waals surface area contributed by atoms with Crippen molar-refractivity contribution in [3.63, 3.8) is 0 Å². The summed E-state index contributed by atoms with van der Waals surface area (Å²) in [5.74, 6) is 1.22. The van der Waals surface area contributed by atoms with Crippen LogP contribution >= 0.6 is 0 Å². The van der Waals surface area contributed by atoms with Gasteiger partial charge in [0.25, 0.3) is 0 Å². The van der Waals surface area contributed by atoms with E-state index in [9.17, 15) is 0 Å². The molecule has 0 heterocycles. The second-order valence-electron chi connectivity index (χ2n) is 7.63. The topological polar surface area (TPSA) is 0 Å². The van der Waals surface area contributed by atoms with Gasteiger partial charge in [-0.15, -0.1) is 0 Å². The Morgan fingerprint density at radius 3 is 1.38 bits per heavy atom. The lowest BCUT2D eigenvalue weighted by molar-refractivity contribution is 0.389. The number of benzene rings is 4. The fourth-order valence-corrected chi connectivity index (χ4v) is 5.02. The molecule has 0 saturated heterocycles. The smallest absolute Gasteiger partial charge is 0.00867 e. The highest BCUT2D eigenvalue weighted by Gasteiger charge is 2.29. The van der Waals surface area contributed by atoms with Gasteiger partial charge < -0.3 is 0 Å². The van der Waals surface area contributed by atoms with Crippen molar-refractivity contribution in [3.8, 4) is 0 Å². The molecule has 0 amide bonds. The molecule has 0 nitrogen and oxygen atoms in total. The van der Waals surface area contributed by atoms with Crippen LogP contribution in [-0.4, -0.2) is 0 Å². The first-order valence-electron chi connectivity index (χ1n) is 9.87. The van der Waals surface area contributed by atoms with Gasteiger partial charge in [0.15, 0.2) is 0 Å². The van der Waals surface area contributed by atoms with E-state index in [1.165, 1.54) is 47.2 Å². The molecule has 4 aromatic carbocycles. The van der Waals surface area contributed by atoms with Gasteiger partial charge in [0.2, 0.25) is 0 Å². The molecule has 0 spiro atoms. The van der Waals surface area contributed by atoms with Crippen molar-refractivity contribution in [2.24, 2.45) is 0 Å². The third-order valence-electron chi connectivity index (χ3n) is 6.21. The van der Waals surface area contributed by atoms with Crippen molar-refractivity contribution in [1.82, 2.24) is 0 Å². The molecule has 0 N–H and O–H groups in total. The van der Waals surface area contributed by atoms with E-state index < -0.39 is 0 Å². The maximum atomic E-state index is 2.37. The van der Waals surface area contributed by atoms with Crippen LogP contribution in [0.5, 0.6) is 0 Å². The van der Waals surface area contributed by atoms with Crippen molar-refractivity contribution < 1.29 is 0 Å². The van der Waals surface area contributed by atoms with Crippen LogP contribution in [0.3, 0.4) is 0 Å². The number of fused-ring (bicyclic) bond motifs is 2. The van der Waals surface area contributed by atoms with Crippen LogP contribution in [0, 0.1) is 0 Å². The minimum atomic E-state index is 0.612. The molecular formula is C26H24. The summed E-state index contributed by atoms with van der Waals surface area (Å²) >= 11 is 0. The molecule has 0 heteroatoms. The maximum Gasteiger partial charge on any atom is -0.00867 e. The second kappa shape index (κ2) is 6.61. The Morgan fingerprint density at radius 2 is 0.885 bits per heavy atom. The summed E-state index contributed by atoms with van der Waals surface area (Å²) < 4.78 is 0. The highest BCUT2D eigenvalue weighted by Crippen LogP contribution is 2.47. The minimum Gasteiger partial charge on any atom is -0.0616 e. The molecule has 4 aromatic rings. The van der Waals surface area contributed by atoms with E-state index in [-0.39, 0.29) is 0 Å². The van der Waals surface area contributed by atoms with Gasteiger partial charge in [0, 0.05) is 0 Å². The normalized spacial score (nSPS) is 20.5. The SMILES string of the molecule is c1ccc2c(C3CCCCC3c3cccc4ccccc34)cccc2c1. The van der Waals surface area contributed by atoms with Crippen LogP contribution < -0.4 is 0 Å². The summed E-state index contributed by atoms with van der Waals surface area (Å²) in [5.41, 5.74) is 3.08. The molecule has 0 bridgehead atoms. The Hall–Kier alpha value is -2.60. The van der Waals surface area contributed by atoms with Crippen LogP contribution in [0.25, 0.3) is 21.5 Å². The van der Waals surface area contributed by atoms with Crippen molar-refractivity contribution >= 4 is 21.5 Å². The lowest BCUT2D eigenvalue weighted by Crippen LogP contribution is -2.17. The van der Waals surface area contributed by atoms with E-state index in [2.05, 4.69) is 84.9 Å². The third-order valence-corrected chi connectivity index (χ3v) is 6.21. The molecule has 128 valence electrons. The molecule has 0 aromatic heterocycles. The summed E-state index contributed by atoms with van der Waals surface area (Å²) in [5, 5.41) is 5.61. The molecular weight excluding hydrogens is 312 g/mol. The number of rotatable bonds is 2. The average Bonchev–Trinajstić information content (AvgIpc) is 2.73. The third kappa shape index (κ3) is 2.61. The van der Waals surface area contributed by atoms with Crippen LogP contribution in [-0.2, 0) is 0 Å². The van der Waals surface area contributed by atoms with Crippen molar-refractivity contribution in [1.29, 1.82) is 0 Å². The summed E-state index contributed by atoms with van der Waals surface area (Å²) in [4.78, 5) is 0. The van der Waals surface area contributed by atoms with Gasteiger partial charge >= 0.3 is 0 Å². The minimum absolute atomic E-state index is 0.612. The molecule has 1 fully saturated rings. The fraction of sp³-hybridized carbons (Fsp3) is 0.231. The number of hydrogen-bond donors (Lipinski definition) is 0. The van der Waals surface area contributed by atoms with Crippen molar-refractivity contribution in [2.45, 2.75) is 37.5 Å². The van der Waals surface area contributed by atoms with Gasteiger partial charge in [0.1, 0.15) is 0 Å². The van der Waals surface area contributed by atoms with E-state index in [1.54, 1.807) is 11.1 Å². The highest BCUT2D eigenvalue weighted by atomic mass is 14.3. The van der Waals surface area contributed by atoms with Gasteiger partial charge in [0.05, 0.1) is 0 Å². The Balaban J connectivity index is 1.68. The standard InChI is InChI=1S/C26H24/c1-3-13-21-19(9-1)11-7-17-23(21)25-15-5-6-16-26(25)24-18-8-12-20-10-2-4-14-22(20)24/h1-4,7-14,17-18,25-26H,5-6,15-16H2. The van der Waals surface area contributed by atoms with E-state index in [1.807, 2.05) is 0 Å². The van der Waals surface area contributed by atoms with E-state index >= 15 is 0 Å². The summed E-state index contributed by atoms with van der Waals surface area (Å²) in [7, 11) is 0. The molecule has 2 unspecified atom stereocenters. The van der Waals surface area contributed by atoms with Crippen LogP contribution in [0.1, 0.15) is 48.6 Å². The zero-order valence-corrected chi connectivity index (χ0v) is 15.1. The lowest BCUT2D eigenvalue weighted by atomic mass is 9.70. The first kappa shape index (κ1) is 15.6. The molecule has 1 aliphatic carbocycles. The zero-order chi connectivity index (χ0) is 17.3. The van der Waals surface area contributed by atoms with Gasteiger partial charge in [-0.05, 0) is 57.3 Å². The maximum absolute atomic E-state index is 2.37. The first-order chi connectivity index (χ1) is 12.9. The average molecular weight is 336 g/mol. The molecule has 0 aliphatic heterocycles. The van der Waals surface area contributed by atoms with Gasteiger partial charge in [-0.3, -0.25) is 0 Å². The van der Waals surface area contributed by atoms with Crippen LogP contribution in [0.15, 0.2) is 84.9 Å². The summed E-state index contributed by atoms with van der Waals surface area (Å²) in [6.45, 7) is 0. The quantitative estimate of drug-likeness (QED) is 0.357. The lowest BCUT2D eigenvalue weighted by Gasteiger charge is -2.34. The fourth-order valence-electron chi connectivity index (χ4n) is 5.02. The van der Waals surface area contributed by atoms with Gasteiger partial charge in [-0.1, -0.05) is 97.8 Å². The molecule has 5 rings (SSSR count). The van der Waals surface area contributed by atoms with E-state index in [0.29, 0.717) is 11.8 Å². The Kier molecular flexibility index (Phi) is 3.97. The predicted octanol–water partition coefficient (Wildman–Crippen LogP) is 7.43. The largest absolute Gasteiger partial charge is 0.0616 e. The summed E-state index contributed by atoms with van der Waals surface area (Å²) in [6.07, 6.45) is 5.27. The number of hydrogen-bond acceptors (Lipinski definition) is 0. The molecule has 2 atom stereocenters. The Morgan fingerprint density at radius 1 is 0.462 bits per heavy atom. The molecule has 1 aliphatic rings. The van der Waals surface area contributed by atoms with E-state index in [0.717, 1.165) is 0 Å². The Bertz CT molecular complexity index is 962. The first-order valence-corrected chi connectivity index (χ1v) is 9.87. The van der Waals surface area contributed by atoms with Crippen LogP contribution in [0.4, 0.5) is 0 Å². The van der Waals surface area contributed by atoms with Crippen LogP contribution in [0.2, 0.25) is 0 Å². The Labute approximate surface area is 155 Å². The molecule has 1 saturated carbocycles. The molecule has 26 heavy (non-hydrogen) atoms. The summed E-state index contributed by atoms with van der Waals surface area (Å²) in [6, 6.07) is 31.5. The highest BCUT2D eigenvalue weighted by molar-refractivity contribution is 5.88. The zero-order valence-electron chi connectivity index (χ0n) is 15.1. The van der Waals surface area contributed by atoms with Gasteiger partial charge in [-0.2, -0.15) is 0 Å². The second-order valence-corrected chi connectivity index (χ2v) is 7.63. The van der Waals surface area contributed by atoms with Crippen molar-refractivity contribution in [3.05, 3.63) is 96.1 Å². The van der Waals surface area contributed by atoms with Gasteiger partial charge in [-0.25, -0.2) is 0 Å². The monoisotopic (exact) mass is 336 g/mol. The predicted molar refractivity (Wildman–Crippen MR) is 112 cm³/mol.